The second-order valence-corrected chi connectivity index (χ2v) is 8.83. The highest BCUT2D eigenvalue weighted by Gasteiger charge is 2.54. The van der Waals surface area contributed by atoms with Crippen molar-refractivity contribution in [2.45, 2.75) is 44.4 Å². The van der Waals surface area contributed by atoms with Gasteiger partial charge in [0.25, 0.3) is 0 Å². The van der Waals surface area contributed by atoms with Gasteiger partial charge in [0.1, 0.15) is 5.82 Å². The van der Waals surface area contributed by atoms with Gasteiger partial charge in [-0.25, -0.2) is 15.0 Å². The van der Waals surface area contributed by atoms with E-state index in [0.717, 1.165) is 28.6 Å². The molecule has 5 rings (SSSR count). The number of ether oxygens (including phenoxy) is 1. The predicted molar refractivity (Wildman–Crippen MR) is 129 cm³/mol. The van der Waals surface area contributed by atoms with Gasteiger partial charge in [0.05, 0.1) is 12.8 Å². The minimum Gasteiger partial charge on any atom is -0.467 e. The molecular weight excluding hydrogens is 408 g/mol. The van der Waals surface area contributed by atoms with Crippen molar-refractivity contribution in [2.24, 2.45) is 0 Å². The van der Waals surface area contributed by atoms with E-state index in [1.807, 2.05) is 20.8 Å². The van der Waals surface area contributed by atoms with Crippen LogP contribution >= 0.6 is 0 Å². The maximum atomic E-state index is 5.44. The van der Waals surface area contributed by atoms with Crippen LogP contribution in [0.1, 0.15) is 63.4 Å². The number of hydrogen-bond donors (Lipinski definition) is 0. The first kappa shape index (κ1) is 21.3. The largest absolute Gasteiger partial charge is 0.467 e. The Hall–Kier alpha value is -3.60. The molecule has 0 radical (unpaired) electrons. The molecule has 1 aliphatic rings. The van der Waals surface area contributed by atoms with Crippen molar-refractivity contribution < 1.29 is 4.74 Å². The Morgan fingerprint density at radius 1 is 0.576 bits per heavy atom. The quantitative estimate of drug-likeness (QED) is 0.405. The maximum Gasteiger partial charge on any atom is 0.316 e. The zero-order chi connectivity index (χ0) is 22.9. The van der Waals surface area contributed by atoms with Crippen LogP contribution in [0, 0.1) is 20.8 Å². The fourth-order valence-electron chi connectivity index (χ4n) is 5.41. The van der Waals surface area contributed by atoms with Gasteiger partial charge in [0.15, 0.2) is 0 Å². The summed E-state index contributed by atoms with van der Waals surface area (Å²) in [4.78, 5) is 18.7. The van der Waals surface area contributed by atoms with E-state index < -0.39 is 0 Å². The third kappa shape index (κ3) is 3.99. The average molecular weight is 437 g/mol. The smallest absolute Gasteiger partial charge is 0.316 e. The second kappa shape index (κ2) is 8.74. The van der Waals surface area contributed by atoms with E-state index in [4.69, 9.17) is 14.7 Å². The van der Waals surface area contributed by atoms with Crippen molar-refractivity contribution in [1.82, 2.24) is 19.9 Å². The number of aryl methyl sites for hydroxylation is 3. The van der Waals surface area contributed by atoms with Crippen molar-refractivity contribution in [3.8, 4) is 6.01 Å². The summed E-state index contributed by atoms with van der Waals surface area (Å²) in [7, 11) is 1.62. The van der Waals surface area contributed by atoms with Crippen molar-refractivity contribution in [3.05, 3.63) is 113 Å². The normalized spacial score (nSPS) is 21.9. The van der Waals surface area contributed by atoms with Crippen LogP contribution in [-0.2, 0) is 0 Å². The number of aromatic nitrogens is 4. The monoisotopic (exact) mass is 436 g/mol. The molecule has 166 valence electrons. The molecule has 0 aliphatic heterocycles. The van der Waals surface area contributed by atoms with Crippen molar-refractivity contribution in [1.29, 1.82) is 0 Å². The van der Waals surface area contributed by atoms with Gasteiger partial charge in [-0.2, -0.15) is 4.98 Å². The lowest BCUT2D eigenvalue weighted by Gasteiger charge is -2.52. The first-order valence-corrected chi connectivity index (χ1v) is 11.4. The topological polar surface area (TPSA) is 60.8 Å². The highest BCUT2D eigenvalue weighted by atomic mass is 16.5. The molecule has 1 aliphatic carbocycles. The number of hydrogen-bond acceptors (Lipinski definition) is 5. The van der Waals surface area contributed by atoms with Crippen LogP contribution in [0.5, 0.6) is 6.01 Å². The van der Waals surface area contributed by atoms with E-state index >= 15 is 0 Å². The number of benzene rings is 2. The summed E-state index contributed by atoms with van der Waals surface area (Å²) in [6.45, 7) is 6.01. The van der Waals surface area contributed by atoms with E-state index in [9.17, 15) is 0 Å². The molecule has 33 heavy (non-hydrogen) atoms. The van der Waals surface area contributed by atoms with Gasteiger partial charge in [-0.05, 0) is 44.0 Å². The zero-order valence-corrected chi connectivity index (χ0v) is 19.4. The summed E-state index contributed by atoms with van der Waals surface area (Å²) >= 11 is 0. The van der Waals surface area contributed by atoms with Crippen molar-refractivity contribution in [2.75, 3.05) is 7.11 Å². The van der Waals surface area contributed by atoms with Crippen molar-refractivity contribution >= 4 is 0 Å². The van der Waals surface area contributed by atoms with Gasteiger partial charge in [0, 0.05) is 40.8 Å². The Bertz CT molecular complexity index is 1190. The molecule has 0 bridgehead atoms. The Morgan fingerprint density at radius 2 is 1.06 bits per heavy atom. The molecule has 4 aromatic rings. The number of nitrogens with zero attached hydrogens (tertiary/aromatic N) is 4. The fourth-order valence-corrected chi connectivity index (χ4v) is 5.41. The molecule has 1 fully saturated rings. The van der Waals surface area contributed by atoms with Crippen molar-refractivity contribution in [3.63, 3.8) is 0 Å². The fraction of sp³-hybridized carbons (Fsp3) is 0.286. The molecule has 2 atom stereocenters. The van der Waals surface area contributed by atoms with Gasteiger partial charge < -0.3 is 4.74 Å². The Kier molecular flexibility index (Phi) is 5.63. The third-order valence-corrected chi connectivity index (χ3v) is 6.62. The lowest BCUT2D eigenvalue weighted by Crippen LogP contribution is -2.41. The molecule has 1 saturated carbocycles. The molecular formula is C28H28N4O. The van der Waals surface area contributed by atoms with Gasteiger partial charge >= 0.3 is 6.01 Å². The molecule has 5 nitrogen and oxygen atoms in total. The summed E-state index contributed by atoms with van der Waals surface area (Å²) in [5.41, 5.74) is 6.61. The summed E-state index contributed by atoms with van der Waals surface area (Å²) in [5, 5.41) is 0. The molecule has 0 spiro atoms. The summed E-state index contributed by atoms with van der Waals surface area (Å²) in [6.07, 6.45) is 0. The lowest BCUT2D eigenvalue weighted by atomic mass is 9.50. The Balaban J connectivity index is 1.72. The van der Waals surface area contributed by atoms with Crippen LogP contribution in [0.2, 0.25) is 0 Å². The van der Waals surface area contributed by atoms with Crippen LogP contribution in [0.25, 0.3) is 0 Å². The predicted octanol–water partition coefficient (Wildman–Crippen LogP) is 5.65. The van der Waals surface area contributed by atoms with E-state index in [0.29, 0.717) is 6.01 Å². The van der Waals surface area contributed by atoms with Crippen LogP contribution in [0.4, 0.5) is 0 Å². The second-order valence-electron chi connectivity index (χ2n) is 8.83. The minimum atomic E-state index is 0.172. The van der Waals surface area contributed by atoms with E-state index in [1.54, 1.807) is 7.11 Å². The molecule has 2 aromatic carbocycles. The van der Waals surface area contributed by atoms with Crippen LogP contribution in [-0.4, -0.2) is 27.0 Å². The van der Waals surface area contributed by atoms with Gasteiger partial charge in [-0.15, -0.1) is 0 Å². The minimum absolute atomic E-state index is 0.172. The molecule has 0 N–H and O–H groups in total. The average Bonchev–Trinajstić information content (AvgIpc) is 2.79. The SMILES string of the molecule is COc1nc(C)cc(C2[C@H](c3ccccc3)C(c3cc(C)nc(C)n3)[C@H]2c2ccccc2)n1. The summed E-state index contributed by atoms with van der Waals surface area (Å²) in [5.74, 6) is 1.65. The van der Waals surface area contributed by atoms with E-state index in [2.05, 4.69) is 82.8 Å². The molecule has 0 saturated heterocycles. The number of methoxy groups -OCH3 is 1. The third-order valence-electron chi connectivity index (χ3n) is 6.62. The highest BCUT2D eigenvalue weighted by molar-refractivity contribution is 5.46. The van der Waals surface area contributed by atoms with Gasteiger partial charge in [-0.1, -0.05) is 60.7 Å². The number of rotatable bonds is 5. The standard InChI is InChI=1S/C28H28N4O/c1-17-15-22(31-19(3)29-17)26-24(20-11-7-5-8-12-20)27(25(26)21-13-9-6-10-14-21)23-16-18(2)30-28(32-23)33-4/h5-16,24-27H,1-4H3/t24-,25-,26?,27?/m1/s1. The van der Waals surface area contributed by atoms with Crippen LogP contribution in [0.3, 0.4) is 0 Å². The lowest BCUT2D eigenvalue weighted by molar-refractivity contribution is 0.217. The molecule has 5 heteroatoms. The molecule has 2 aromatic heterocycles. The van der Waals surface area contributed by atoms with E-state index in [-0.39, 0.29) is 23.7 Å². The summed E-state index contributed by atoms with van der Waals surface area (Å²) in [6, 6.07) is 26.1. The summed E-state index contributed by atoms with van der Waals surface area (Å²) < 4.78 is 5.44. The van der Waals surface area contributed by atoms with Gasteiger partial charge in [0.2, 0.25) is 0 Å². The highest BCUT2D eigenvalue weighted by Crippen LogP contribution is 2.66. The molecule has 2 heterocycles. The zero-order valence-electron chi connectivity index (χ0n) is 19.4. The first-order valence-electron chi connectivity index (χ1n) is 11.4. The Labute approximate surface area is 195 Å². The van der Waals surface area contributed by atoms with Crippen LogP contribution < -0.4 is 4.74 Å². The molecule has 0 amide bonds. The molecule has 0 unspecified atom stereocenters. The van der Waals surface area contributed by atoms with E-state index in [1.165, 1.54) is 11.1 Å². The van der Waals surface area contributed by atoms with Crippen LogP contribution in [0.15, 0.2) is 72.8 Å². The Morgan fingerprint density at radius 3 is 1.55 bits per heavy atom. The van der Waals surface area contributed by atoms with Gasteiger partial charge in [-0.3, -0.25) is 0 Å². The maximum absolute atomic E-state index is 5.44. The first-order chi connectivity index (χ1) is 16.0.